The van der Waals surface area contributed by atoms with Crippen LogP contribution < -0.4 is 21.3 Å². The number of amides is 3. The standard InChI is InChI=1S/C43H46Cl2N6O8/c1-23(52)21-50(42(56)59-43(3,4)5)22-33-24(2)40(54)51-18-17-25(20-35(51)47-33)27-9-7-10-28(37(27)44)29-11-8-12-30(38(29)45)31-14-13-26(39(49-31)57-6)19-34(58-41(46)55)32-15-16-36(53)48-32/h7-14,17-18,20,23,32,34,52H,15-16,19,21-22H2,1-6H3,(H2,46,55)(H,48,53)/t23?,32-,34?/m0/s1. The molecule has 0 bridgehead atoms. The zero-order valence-corrected chi connectivity index (χ0v) is 35.1. The van der Waals surface area contributed by atoms with Gasteiger partial charge in [-0.15, -0.1) is 0 Å². The van der Waals surface area contributed by atoms with Gasteiger partial charge in [0, 0.05) is 52.4 Å². The molecule has 0 saturated carbocycles. The van der Waals surface area contributed by atoms with E-state index in [1.165, 1.54) is 16.4 Å². The van der Waals surface area contributed by atoms with Gasteiger partial charge in [-0.2, -0.15) is 0 Å². The number of benzene rings is 2. The second-order valence-corrected chi connectivity index (χ2v) is 16.2. The minimum atomic E-state index is -0.948. The number of nitrogens with zero attached hydrogens (tertiary/aromatic N) is 4. The summed E-state index contributed by atoms with van der Waals surface area (Å²) in [6, 6.07) is 17.8. The number of ether oxygens (including phenoxy) is 3. The molecular formula is C43H46Cl2N6O8. The van der Waals surface area contributed by atoms with Crippen LogP contribution in [0.1, 0.15) is 57.4 Å². The number of nitrogens with one attached hydrogen (secondary N) is 1. The molecule has 2 unspecified atom stereocenters. The summed E-state index contributed by atoms with van der Waals surface area (Å²) in [4.78, 5) is 61.1. The van der Waals surface area contributed by atoms with Crippen LogP contribution in [0.2, 0.25) is 10.0 Å². The second kappa shape index (κ2) is 17.7. The molecule has 1 fully saturated rings. The van der Waals surface area contributed by atoms with Crippen LogP contribution in [-0.4, -0.2) is 80.0 Å². The Balaban J connectivity index is 1.32. The molecule has 14 nitrogen and oxygen atoms in total. The highest BCUT2D eigenvalue weighted by Crippen LogP contribution is 2.42. The minimum absolute atomic E-state index is 0.0207. The molecule has 6 rings (SSSR count). The highest BCUT2D eigenvalue weighted by Gasteiger charge is 2.32. The third kappa shape index (κ3) is 9.78. The van der Waals surface area contributed by atoms with E-state index < -0.39 is 36.0 Å². The van der Waals surface area contributed by atoms with E-state index in [-0.39, 0.29) is 36.9 Å². The predicted octanol–water partition coefficient (Wildman–Crippen LogP) is 7.12. The van der Waals surface area contributed by atoms with Gasteiger partial charge in [0.05, 0.1) is 53.8 Å². The molecule has 2 aromatic carbocycles. The number of fused-ring (bicyclic) bond motifs is 1. The number of methoxy groups -OCH3 is 1. The molecule has 0 radical (unpaired) electrons. The Hall–Kier alpha value is -5.70. The summed E-state index contributed by atoms with van der Waals surface area (Å²) in [7, 11) is 1.48. The van der Waals surface area contributed by atoms with Gasteiger partial charge in [0.1, 0.15) is 17.4 Å². The third-order valence-electron chi connectivity index (χ3n) is 9.81. The maximum Gasteiger partial charge on any atom is 0.410 e. The lowest BCUT2D eigenvalue weighted by molar-refractivity contribution is -0.119. The van der Waals surface area contributed by atoms with E-state index in [4.69, 9.17) is 53.1 Å². The van der Waals surface area contributed by atoms with Crippen molar-refractivity contribution in [3.8, 4) is 39.4 Å². The first-order chi connectivity index (χ1) is 27.9. The number of halogens is 2. The van der Waals surface area contributed by atoms with Crippen LogP contribution in [0.5, 0.6) is 5.88 Å². The molecule has 310 valence electrons. The molecule has 4 heterocycles. The molecule has 0 aliphatic carbocycles. The Morgan fingerprint density at radius 3 is 2.29 bits per heavy atom. The maximum absolute atomic E-state index is 13.6. The SMILES string of the molecule is COc1nc(-c2cccc(-c3cccc(-c4ccn5c(=O)c(C)c(CN(CC(C)O)C(=O)OC(C)(C)C)nc5c4)c3Cl)c2Cl)ccc1CC(OC(N)=O)[C@@H]1CCC(=O)N1. The Morgan fingerprint density at radius 2 is 1.68 bits per heavy atom. The lowest BCUT2D eigenvalue weighted by Crippen LogP contribution is -2.42. The first-order valence-electron chi connectivity index (χ1n) is 19.0. The highest BCUT2D eigenvalue weighted by atomic mass is 35.5. The molecule has 5 aromatic rings. The summed E-state index contributed by atoms with van der Waals surface area (Å²) in [5.41, 5.74) is 9.72. The smallest absolute Gasteiger partial charge is 0.410 e. The molecule has 1 saturated heterocycles. The van der Waals surface area contributed by atoms with Crippen molar-refractivity contribution in [1.29, 1.82) is 0 Å². The molecule has 3 amide bonds. The van der Waals surface area contributed by atoms with E-state index >= 15 is 0 Å². The molecular weight excluding hydrogens is 799 g/mol. The van der Waals surface area contributed by atoms with E-state index in [1.807, 2.05) is 36.4 Å². The van der Waals surface area contributed by atoms with E-state index in [1.54, 1.807) is 65.1 Å². The lowest BCUT2D eigenvalue weighted by Gasteiger charge is -2.28. The van der Waals surface area contributed by atoms with Crippen LogP contribution in [0.25, 0.3) is 39.2 Å². The van der Waals surface area contributed by atoms with Crippen molar-refractivity contribution >= 4 is 46.9 Å². The first-order valence-corrected chi connectivity index (χ1v) is 19.7. The maximum atomic E-state index is 13.6. The van der Waals surface area contributed by atoms with Crippen molar-refractivity contribution in [2.24, 2.45) is 5.73 Å². The van der Waals surface area contributed by atoms with Crippen molar-refractivity contribution in [3.05, 3.63) is 104 Å². The fourth-order valence-electron chi connectivity index (χ4n) is 7.02. The first kappa shape index (κ1) is 42.9. The summed E-state index contributed by atoms with van der Waals surface area (Å²) in [5, 5.41) is 13.8. The van der Waals surface area contributed by atoms with E-state index in [2.05, 4.69) is 5.32 Å². The van der Waals surface area contributed by atoms with Crippen LogP contribution in [0.15, 0.2) is 71.7 Å². The van der Waals surface area contributed by atoms with Crippen molar-refractivity contribution < 1.29 is 33.7 Å². The Kier molecular flexibility index (Phi) is 12.8. The van der Waals surface area contributed by atoms with Crippen molar-refractivity contribution in [3.63, 3.8) is 0 Å². The molecule has 3 aromatic heterocycles. The number of hydrogen-bond acceptors (Lipinski definition) is 10. The van der Waals surface area contributed by atoms with Crippen LogP contribution in [0, 0.1) is 6.92 Å². The quantitative estimate of drug-likeness (QED) is 0.117. The van der Waals surface area contributed by atoms with E-state index in [9.17, 15) is 24.3 Å². The molecule has 59 heavy (non-hydrogen) atoms. The van der Waals surface area contributed by atoms with Crippen molar-refractivity contribution in [2.45, 2.75) is 84.3 Å². The van der Waals surface area contributed by atoms with E-state index in [0.717, 1.165) is 0 Å². The molecule has 3 atom stereocenters. The zero-order valence-electron chi connectivity index (χ0n) is 33.5. The average Bonchev–Trinajstić information content (AvgIpc) is 3.61. The molecule has 0 spiro atoms. The van der Waals surface area contributed by atoms with Gasteiger partial charge >= 0.3 is 12.2 Å². The van der Waals surface area contributed by atoms with Crippen LogP contribution >= 0.6 is 23.2 Å². The number of carbonyl (C=O) groups is 3. The average molecular weight is 846 g/mol. The topological polar surface area (TPSA) is 188 Å². The van der Waals surface area contributed by atoms with Gasteiger partial charge in [-0.3, -0.25) is 18.9 Å². The highest BCUT2D eigenvalue weighted by molar-refractivity contribution is 6.39. The Morgan fingerprint density at radius 1 is 1.02 bits per heavy atom. The predicted molar refractivity (Wildman–Crippen MR) is 225 cm³/mol. The number of aliphatic hydroxyl groups excluding tert-OH is 1. The molecule has 16 heteroatoms. The van der Waals surface area contributed by atoms with Gasteiger partial charge < -0.3 is 30.4 Å². The Labute approximate surface area is 351 Å². The number of rotatable bonds is 12. The van der Waals surface area contributed by atoms with Gasteiger partial charge in [-0.25, -0.2) is 19.6 Å². The number of aromatic nitrogens is 3. The minimum Gasteiger partial charge on any atom is -0.481 e. The number of hydrogen-bond donors (Lipinski definition) is 3. The van der Waals surface area contributed by atoms with Crippen molar-refractivity contribution in [1.82, 2.24) is 24.6 Å². The van der Waals surface area contributed by atoms with Gasteiger partial charge in [-0.05, 0) is 64.8 Å². The molecule has 4 N–H and O–H groups in total. The van der Waals surface area contributed by atoms with Crippen LogP contribution in [-0.2, 0) is 27.2 Å². The van der Waals surface area contributed by atoms with Crippen LogP contribution in [0.3, 0.4) is 0 Å². The number of pyridine rings is 2. The van der Waals surface area contributed by atoms with Gasteiger partial charge in [0.2, 0.25) is 11.8 Å². The summed E-state index contributed by atoms with van der Waals surface area (Å²) < 4.78 is 18.0. The monoisotopic (exact) mass is 844 g/mol. The van der Waals surface area contributed by atoms with Gasteiger partial charge in [-0.1, -0.05) is 65.7 Å². The fraction of sp³-hybridized carbons (Fsp3) is 0.349. The summed E-state index contributed by atoms with van der Waals surface area (Å²) in [5.74, 6) is 0.160. The van der Waals surface area contributed by atoms with E-state index in [0.29, 0.717) is 78.9 Å². The fourth-order valence-corrected chi connectivity index (χ4v) is 7.69. The van der Waals surface area contributed by atoms with Crippen LogP contribution in [0.4, 0.5) is 9.59 Å². The normalized spacial score (nSPS) is 15.1. The Bertz CT molecular complexity index is 2480. The number of nitrogens with two attached hydrogens (primary N) is 1. The summed E-state index contributed by atoms with van der Waals surface area (Å²) in [6.07, 6.45) is -0.496. The number of carbonyl (C=O) groups excluding carboxylic acids is 3. The largest absolute Gasteiger partial charge is 0.481 e. The number of primary amides is 1. The molecule has 1 aliphatic heterocycles. The second-order valence-electron chi connectivity index (χ2n) is 15.4. The molecule has 1 aliphatic rings. The van der Waals surface area contributed by atoms with Gasteiger partial charge in [0.15, 0.2) is 0 Å². The summed E-state index contributed by atoms with van der Waals surface area (Å²) >= 11 is 14.3. The summed E-state index contributed by atoms with van der Waals surface area (Å²) in [6.45, 7) is 8.39. The van der Waals surface area contributed by atoms with Gasteiger partial charge in [0.25, 0.3) is 5.56 Å². The lowest BCUT2D eigenvalue weighted by atomic mass is 9.96. The third-order valence-corrected chi connectivity index (χ3v) is 10.6. The number of aliphatic hydroxyl groups is 1. The zero-order chi connectivity index (χ0) is 42.8. The van der Waals surface area contributed by atoms with Crippen molar-refractivity contribution in [2.75, 3.05) is 13.7 Å².